The highest BCUT2D eigenvalue weighted by atomic mass is 16.5. The molecule has 0 saturated heterocycles. The first kappa shape index (κ1) is 26.3. The molecule has 7 heteroatoms. The number of methoxy groups -OCH3 is 2. The molecule has 43 heavy (non-hydrogen) atoms. The van der Waals surface area contributed by atoms with Crippen LogP contribution in [0.2, 0.25) is 0 Å². The van der Waals surface area contributed by atoms with Crippen LogP contribution in [0.1, 0.15) is 11.1 Å². The van der Waals surface area contributed by atoms with E-state index in [-0.39, 0.29) is 0 Å². The maximum absolute atomic E-state index is 6.42. The molecule has 0 aliphatic carbocycles. The SMILES string of the molecule is COc1cc(C)cc(OC)c1-c1cnn(-c2cccc(Oc3ccc4c5ccccc5n(-c5cc(C)ccn5)c4c3)c2)c1. The van der Waals surface area contributed by atoms with Crippen molar-refractivity contribution in [1.82, 2.24) is 19.3 Å². The number of pyridine rings is 1. The average molecular weight is 567 g/mol. The van der Waals surface area contributed by atoms with E-state index in [0.29, 0.717) is 5.75 Å². The number of hydrogen-bond donors (Lipinski definition) is 0. The van der Waals surface area contributed by atoms with Gasteiger partial charge in [0.1, 0.15) is 28.8 Å². The van der Waals surface area contributed by atoms with E-state index in [1.807, 2.05) is 78.7 Å². The van der Waals surface area contributed by atoms with Gasteiger partial charge in [-0.1, -0.05) is 24.3 Å². The third kappa shape index (κ3) is 4.75. The lowest BCUT2D eigenvalue weighted by atomic mass is 10.0. The first-order chi connectivity index (χ1) is 21.0. The Labute approximate surface area is 249 Å². The molecule has 0 bridgehead atoms. The lowest BCUT2D eigenvalue weighted by Crippen LogP contribution is -1.98. The third-order valence-electron chi connectivity index (χ3n) is 7.61. The Morgan fingerprint density at radius 1 is 0.674 bits per heavy atom. The quantitative estimate of drug-likeness (QED) is 0.194. The number of benzene rings is 4. The number of para-hydroxylation sites is 1. The first-order valence-electron chi connectivity index (χ1n) is 14.0. The molecule has 0 aliphatic heterocycles. The van der Waals surface area contributed by atoms with Crippen LogP contribution in [0.5, 0.6) is 23.0 Å². The van der Waals surface area contributed by atoms with Gasteiger partial charge in [0.2, 0.25) is 0 Å². The summed E-state index contributed by atoms with van der Waals surface area (Å²) in [6, 6.07) is 30.6. The Morgan fingerprint density at radius 2 is 1.44 bits per heavy atom. The zero-order valence-electron chi connectivity index (χ0n) is 24.4. The molecule has 7 aromatic rings. The summed E-state index contributed by atoms with van der Waals surface area (Å²) in [5.41, 5.74) is 6.97. The number of aromatic nitrogens is 4. The van der Waals surface area contributed by atoms with Crippen LogP contribution in [0.3, 0.4) is 0 Å². The number of fused-ring (bicyclic) bond motifs is 3. The molecule has 0 unspecified atom stereocenters. The molecule has 0 saturated carbocycles. The minimum absolute atomic E-state index is 0.704. The Balaban J connectivity index is 1.25. The van der Waals surface area contributed by atoms with Gasteiger partial charge in [-0.25, -0.2) is 9.67 Å². The van der Waals surface area contributed by atoms with Gasteiger partial charge in [0, 0.05) is 40.9 Å². The molecule has 7 nitrogen and oxygen atoms in total. The van der Waals surface area contributed by atoms with E-state index >= 15 is 0 Å². The Hall–Kier alpha value is -5.56. The van der Waals surface area contributed by atoms with Gasteiger partial charge < -0.3 is 14.2 Å². The minimum Gasteiger partial charge on any atom is -0.496 e. The lowest BCUT2D eigenvalue weighted by Gasteiger charge is -2.13. The van der Waals surface area contributed by atoms with Gasteiger partial charge in [0.15, 0.2) is 0 Å². The van der Waals surface area contributed by atoms with Gasteiger partial charge in [-0.2, -0.15) is 5.10 Å². The highest BCUT2D eigenvalue weighted by Gasteiger charge is 2.17. The normalized spacial score (nSPS) is 11.3. The summed E-state index contributed by atoms with van der Waals surface area (Å²) in [5.74, 6) is 3.79. The molecule has 0 radical (unpaired) electrons. The zero-order valence-corrected chi connectivity index (χ0v) is 24.4. The van der Waals surface area contributed by atoms with Crippen LogP contribution in [0.4, 0.5) is 0 Å². The fourth-order valence-electron chi connectivity index (χ4n) is 5.65. The molecule has 7 rings (SSSR count). The second-order valence-corrected chi connectivity index (χ2v) is 10.5. The Bertz CT molecular complexity index is 2100. The van der Waals surface area contributed by atoms with Crippen molar-refractivity contribution < 1.29 is 14.2 Å². The van der Waals surface area contributed by atoms with E-state index < -0.39 is 0 Å². The predicted molar refractivity (Wildman–Crippen MR) is 170 cm³/mol. The number of nitrogens with zero attached hydrogens (tertiary/aromatic N) is 4. The molecular weight excluding hydrogens is 536 g/mol. The molecule has 4 aromatic carbocycles. The predicted octanol–water partition coefficient (Wildman–Crippen LogP) is 8.46. The van der Waals surface area contributed by atoms with Crippen molar-refractivity contribution in [1.29, 1.82) is 0 Å². The fourth-order valence-corrected chi connectivity index (χ4v) is 5.65. The third-order valence-corrected chi connectivity index (χ3v) is 7.61. The van der Waals surface area contributed by atoms with Crippen molar-refractivity contribution in [2.75, 3.05) is 14.2 Å². The number of hydrogen-bond acceptors (Lipinski definition) is 5. The topological polar surface area (TPSA) is 63.3 Å². The van der Waals surface area contributed by atoms with Crippen LogP contribution in [0.15, 0.2) is 110 Å². The van der Waals surface area contributed by atoms with Crippen LogP contribution in [0.25, 0.3) is 44.4 Å². The van der Waals surface area contributed by atoms with Crippen molar-refractivity contribution in [2.45, 2.75) is 13.8 Å². The maximum atomic E-state index is 6.42. The molecule has 3 aromatic heterocycles. The van der Waals surface area contributed by atoms with Crippen LogP contribution in [-0.2, 0) is 0 Å². The number of rotatable bonds is 7. The van der Waals surface area contributed by atoms with E-state index in [2.05, 4.69) is 64.0 Å². The molecule has 0 atom stereocenters. The molecule has 0 amide bonds. The smallest absolute Gasteiger partial charge is 0.137 e. The monoisotopic (exact) mass is 566 g/mol. The summed E-state index contributed by atoms with van der Waals surface area (Å²) in [6.45, 7) is 4.09. The summed E-state index contributed by atoms with van der Waals surface area (Å²) in [5, 5.41) is 6.96. The van der Waals surface area contributed by atoms with Gasteiger partial charge in [-0.15, -0.1) is 0 Å². The molecule has 0 N–H and O–H groups in total. The van der Waals surface area contributed by atoms with Crippen LogP contribution < -0.4 is 14.2 Å². The highest BCUT2D eigenvalue weighted by molar-refractivity contribution is 6.09. The van der Waals surface area contributed by atoms with Crippen LogP contribution in [0, 0.1) is 13.8 Å². The fraction of sp³-hybridized carbons (Fsp3) is 0.111. The molecule has 0 spiro atoms. The molecular formula is C36H30N4O3. The van der Waals surface area contributed by atoms with Crippen molar-refractivity contribution in [2.24, 2.45) is 0 Å². The Kier molecular flexibility index (Phi) is 6.55. The van der Waals surface area contributed by atoms with Gasteiger partial charge in [0.05, 0.1) is 42.7 Å². The first-order valence-corrected chi connectivity index (χ1v) is 14.0. The summed E-state index contributed by atoms with van der Waals surface area (Å²) < 4.78 is 21.8. The summed E-state index contributed by atoms with van der Waals surface area (Å²) in [7, 11) is 3.33. The molecule has 0 fully saturated rings. The van der Waals surface area contributed by atoms with E-state index in [0.717, 1.165) is 67.4 Å². The van der Waals surface area contributed by atoms with E-state index in [4.69, 9.17) is 14.2 Å². The zero-order chi connectivity index (χ0) is 29.5. The second kappa shape index (κ2) is 10.7. The average Bonchev–Trinajstić information content (AvgIpc) is 3.64. The highest BCUT2D eigenvalue weighted by Crippen LogP contribution is 2.40. The van der Waals surface area contributed by atoms with Gasteiger partial charge in [-0.05, 0) is 79.6 Å². The van der Waals surface area contributed by atoms with Crippen molar-refractivity contribution in [3.63, 3.8) is 0 Å². The van der Waals surface area contributed by atoms with Crippen LogP contribution in [-0.4, -0.2) is 33.6 Å². The largest absolute Gasteiger partial charge is 0.496 e. The van der Waals surface area contributed by atoms with Crippen molar-refractivity contribution in [3.05, 3.63) is 121 Å². The van der Waals surface area contributed by atoms with Crippen molar-refractivity contribution in [3.8, 4) is 45.6 Å². The van der Waals surface area contributed by atoms with Gasteiger partial charge in [-0.3, -0.25) is 4.57 Å². The van der Waals surface area contributed by atoms with Gasteiger partial charge >= 0.3 is 0 Å². The summed E-state index contributed by atoms with van der Waals surface area (Å²) >= 11 is 0. The molecule has 0 aliphatic rings. The van der Waals surface area contributed by atoms with E-state index in [1.54, 1.807) is 14.2 Å². The standard InChI is InChI=1S/C36H30N4O3/c1-23-14-15-37-35(18-23)40-31-11-6-5-10-29(31)30-13-12-28(20-32(30)40)43-27-9-7-8-26(19-27)39-22-25(21-38-39)36-33(41-3)16-24(2)17-34(36)42-4/h5-22H,1-4H3. The molecule has 3 heterocycles. The number of aryl methyl sites for hydroxylation is 2. The maximum Gasteiger partial charge on any atom is 0.137 e. The summed E-state index contributed by atoms with van der Waals surface area (Å²) in [6.07, 6.45) is 5.63. The van der Waals surface area contributed by atoms with E-state index in [9.17, 15) is 0 Å². The minimum atomic E-state index is 0.704. The summed E-state index contributed by atoms with van der Waals surface area (Å²) in [4.78, 5) is 4.69. The van der Waals surface area contributed by atoms with Crippen molar-refractivity contribution >= 4 is 21.8 Å². The Morgan fingerprint density at radius 3 is 2.23 bits per heavy atom. The molecule has 212 valence electrons. The van der Waals surface area contributed by atoms with Gasteiger partial charge in [0.25, 0.3) is 0 Å². The number of ether oxygens (including phenoxy) is 3. The van der Waals surface area contributed by atoms with Crippen LogP contribution >= 0.6 is 0 Å². The lowest BCUT2D eigenvalue weighted by molar-refractivity contribution is 0.397. The van der Waals surface area contributed by atoms with E-state index in [1.165, 1.54) is 5.39 Å². The second-order valence-electron chi connectivity index (χ2n) is 10.5.